The summed E-state index contributed by atoms with van der Waals surface area (Å²) in [5, 5.41) is 2.87. The standard InChI is InChI=1S/C20H25N3O4/c1-3-26-17-7-5-15(13-18(17)27-4-2)20(24)22-16-6-8-19(21-14-16)23-9-11-25-12-10-23/h5-8,13-14H,3-4,9-12H2,1-2H3,(H,22,24). The van der Waals surface area contributed by atoms with Crippen LogP contribution in [0.1, 0.15) is 24.2 Å². The number of hydrogen-bond acceptors (Lipinski definition) is 6. The van der Waals surface area contributed by atoms with Crippen molar-refractivity contribution in [2.75, 3.05) is 49.7 Å². The number of nitrogens with zero attached hydrogens (tertiary/aromatic N) is 2. The number of morpholine rings is 1. The van der Waals surface area contributed by atoms with Crippen LogP contribution in [-0.2, 0) is 4.74 Å². The third-order valence-corrected chi connectivity index (χ3v) is 4.15. The predicted molar refractivity (Wildman–Crippen MR) is 104 cm³/mol. The second kappa shape index (κ2) is 9.23. The summed E-state index contributed by atoms with van der Waals surface area (Å²) in [7, 11) is 0. The van der Waals surface area contributed by atoms with Crippen molar-refractivity contribution in [3.63, 3.8) is 0 Å². The van der Waals surface area contributed by atoms with Gasteiger partial charge in [0, 0.05) is 18.7 Å². The molecule has 1 N–H and O–H groups in total. The smallest absolute Gasteiger partial charge is 0.255 e. The van der Waals surface area contributed by atoms with Gasteiger partial charge in [0.15, 0.2) is 11.5 Å². The summed E-state index contributed by atoms with van der Waals surface area (Å²) in [6.45, 7) is 7.90. The molecule has 0 aliphatic carbocycles. The maximum absolute atomic E-state index is 12.6. The number of ether oxygens (including phenoxy) is 3. The number of nitrogens with one attached hydrogen (secondary N) is 1. The monoisotopic (exact) mass is 371 g/mol. The number of anilines is 2. The quantitative estimate of drug-likeness (QED) is 0.807. The summed E-state index contributed by atoms with van der Waals surface area (Å²) >= 11 is 0. The fourth-order valence-electron chi connectivity index (χ4n) is 2.84. The Bertz CT molecular complexity index is 758. The molecule has 27 heavy (non-hydrogen) atoms. The summed E-state index contributed by atoms with van der Waals surface area (Å²) in [6, 6.07) is 8.93. The van der Waals surface area contributed by atoms with Crippen LogP contribution in [0.4, 0.5) is 11.5 Å². The largest absolute Gasteiger partial charge is 0.490 e. The summed E-state index contributed by atoms with van der Waals surface area (Å²) < 4.78 is 16.5. The Labute approximate surface area is 159 Å². The van der Waals surface area contributed by atoms with E-state index in [1.807, 2.05) is 26.0 Å². The Morgan fingerprint density at radius 1 is 1.11 bits per heavy atom. The van der Waals surface area contributed by atoms with Gasteiger partial charge in [0.1, 0.15) is 5.82 Å². The molecule has 1 saturated heterocycles. The Balaban J connectivity index is 1.68. The molecule has 0 atom stereocenters. The highest BCUT2D eigenvalue weighted by Gasteiger charge is 2.14. The van der Waals surface area contributed by atoms with E-state index in [9.17, 15) is 4.79 Å². The molecule has 144 valence electrons. The van der Waals surface area contributed by atoms with Gasteiger partial charge in [0.25, 0.3) is 5.91 Å². The van der Waals surface area contributed by atoms with Gasteiger partial charge in [-0.3, -0.25) is 4.79 Å². The normalized spacial score (nSPS) is 13.9. The van der Waals surface area contributed by atoms with Crippen LogP contribution in [0.5, 0.6) is 11.5 Å². The number of pyridine rings is 1. The molecule has 1 fully saturated rings. The molecule has 0 radical (unpaired) electrons. The molecular formula is C20H25N3O4. The lowest BCUT2D eigenvalue weighted by Crippen LogP contribution is -2.36. The summed E-state index contributed by atoms with van der Waals surface area (Å²) in [6.07, 6.45) is 1.67. The van der Waals surface area contributed by atoms with Crippen LogP contribution in [0.15, 0.2) is 36.5 Å². The molecule has 2 aromatic rings. The van der Waals surface area contributed by atoms with E-state index in [1.54, 1.807) is 24.4 Å². The van der Waals surface area contributed by atoms with Crippen LogP contribution >= 0.6 is 0 Å². The van der Waals surface area contributed by atoms with E-state index in [1.165, 1.54) is 0 Å². The Morgan fingerprint density at radius 2 is 1.85 bits per heavy atom. The third kappa shape index (κ3) is 4.89. The van der Waals surface area contributed by atoms with Crippen molar-refractivity contribution < 1.29 is 19.0 Å². The van der Waals surface area contributed by atoms with Crippen molar-refractivity contribution in [3.8, 4) is 11.5 Å². The van der Waals surface area contributed by atoms with E-state index in [-0.39, 0.29) is 5.91 Å². The minimum Gasteiger partial charge on any atom is -0.490 e. The first-order valence-electron chi connectivity index (χ1n) is 9.21. The fourth-order valence-corrected chi connectivity index (χ4v) is 2.84. The SMILES string of the molecule is CCOc1ccc(C(=O)Nc2ccc(N3CCOCC3)nc2)cc1OCC. The van der Waals surface area contributed by atoms with Gasteiger partial charge in [-0.15, -0.1) is 0 Å². The minimum absolute atomic E-state index is 0.222. The fraction of sp³-hybridized carbons (Fsp3) is 0.400. The lowest BCUT2D eigenvalue weighted by molar-refractivity contribution is 0.102. The molecule has 7 heteroatoms. The van der Waals surface area contributed by atoms with Gasteiger partial charge in [-0.2, -0.15) is 0 Å². The van der Waals surface area contributed by atoms with E-state index < -0.39 is 0 Å². The molecule has 1 aliphatic heterocycles. The van der Waals surface area contributed by atoms with Gasteiger partial charge in [-0.05, 0) is 44.2 Å². The topological polar surface area (TPSA) is 72.9 Å². The molecule has 2 heterocycles. The third-order valence-electron chi connectivity index (χ3n) is 4.15. The second-order valence-electron chi connectivity index (χ2n) is 5.99. The highest BCUT2D eigenvalue weighted by Crippen LogP contribution is 2.29. The second-order valence-corrected chi connectivity index (χ2v) is 5.99. The maximum Gasteiger partial charge on any atom is 0.255 e. The average molecular weight is 371 g/mol. The molecule has 1 amide bonds. The van der Waals surface area contributed by atoms with Crippen molar-refractivity contribution in [2.45, 2.75) is 13.8 Å². The van der Waals surface area contributed by atoms with Gasteiger partial charge in [0.05, 0.1) is 38.3 Å². The van der Waals surface area contributed by atoms with Crippen LogP contribution < -0.4 is 19.7 Å². The van der Waals surface area contributed by atoms with Gasteiger partial charge >= 0.3 is 0 Å². The zero-order valence-electron chi connectivity index (χ0n) is 15.7. The average Bonchev–Trinajstić information content (AvgIpc) is 2.71. The molecule has 7 nitrogen and oxygen atoms in total. The van der Waals surface area contributed by atoms with Gasteiger partial charge in [0.2, 0.25) is 0 Å². The number of aromatic nitrogens is 1. The van der Waals surface area contributed by atoms with Crippen LogP contribution in [0, 0.1) is 0 Å². The van der Waals surface area contributed by atoms with Gasteiger partial charge < -0.3 is 24.4 Å². The lowest BCUT2D eigenvalue weighted by atomic mass is 10.2. The minimum atomic E-state index is -0.222. The zero-order valence-corrected chi connectivity index (χ0v) is 15.7. The highest BCUT2D eigenvalue weighted by atomic mass is 16.5. The summed E-state index contributed by atoms with van der Waals surface area (Å²) in [4.78, 5) is 19.2. The molecular weight excluding hydrogens is 346 g/mol. The molecule has 0 bridgehead atoms. The first-order chi connectivity index (χ1) is 13.2. The van der Waals surface area contributed by atoms with Crippen molar-refractivity contribution in [1.82, 2.24) is 4.98 Å². The van der Waals surface area contributed by atoms with Crippen LogP contribution in [-0.4, -0.2) is 50.4 Å². The van der Waals surface area contributed by atoms with Crippen LogP contribution in [0.3, 0.4) is 0 Å². The Kier molecular flexibility index (Phi) is 6.49. The highest BCUT2D eigenvalue weighted by molar-refractivity contribution is 6.04. The van der Waals surface area contributed by atoms with Crippen molar-refractivity contribution in [1.29, 1.82) is 0 Å². The summed E-state index contributed by atoms with van der Waals surface area (Å²) in [5.74, 6) is 1.86. The van der Waals surface area contributed by atoms with E-state index >= 15 is 0 Å². The molecule has 1 aromatic heterocycles. The number of amides is 1. The Hall–Kier alpha value is -2.80. The molecule has 1 aliphatic rings. The van der Waals surface area contributed by atoms with E-state index in [0.717, 1.165) is 18.9 Å². The molecule has 0 unspecified atom stereocenters. The Morgan fingerprint density at radius 3 is 2.52 bits per heavy atom. The predicted octanol–water partition coefficient (Wildman–Crippen LogP) is 2.97. The van der Waals surface area contributed by atoms with E-state index in [4.69, 9.17) is 14.2 Å². The zero-order chi connectivity index (χ0) is 19.1. The lowest BCUT2D eigenvalue weighted by Gasteiger charge is -2.27. The first kappa shape index (κ1) is 19.0. The number of hydrogen-bond donors (Lipinski definition) is 1. The molecule has 0 spiro atoms. The first-order valence-corrected chi connectivity index (χ1v) is 9.21. The van der Waals surface area contributed by atoms with Crippen molar-refractivity contribution >= 4 is 17.4 Å². The maximum atomic E-state index is 12.6. The molecule has 1 aromatic carbocycles. The number of carbonyl (C=O) groups excluding carboxylic acids is 1. The van der Waals surface area contributed by atoms with E-state index in [0.29, 0.717) is 49.2 Å². The van der Waals surface area contributed by atoms with Crippen molar-refractivity contribution in [3.05, 3.63) is 42.1 Å². The van der Waals surface area contributed by atoms with E-state index in [2.05, 4.69) is 15.2 Å². The van der Waals surface area contributed by atoms with Crippen LogP contribution in [0.2, 0.25) is 0 Å². The number of rotatable bonds is 7. The summed E-state index contributed by atoms with van der Waals surface area (Å²) in [5.41, 5.74) is 1.14. The number of carbonyl (C=O) groups is 1. The number of benzene rings is 1. The van der Waals surface area contributed by atoms with Crippen LogP contribution in [0.25, 0.3) is 0 Å². The molecule has 3 rings (SSSR count). The molecule has 0 saturated carbocycles. The van der Waals surface area contributed by atoms with Gasteiger partial charge in [-0.25, -0.2) is 4.98 Å². The van der Waals surface area contributed by atoms with Crippen molar-refractivity contribution in [2.24, 2.45) is 0 Å². The van der Waals surface area contributed by atoms with Gasteiger partial charge in [-0.1, -0.05) is 0 Å².